The quantitative estimate of drug-likeness (QED) is 0.520. The fourth-order valence-corrected chi connectivity index (χ4v) is 0. The molecule has 0 aliphatic heterocycles. The maximum atomic E-state index is 8.68. The van der Waals surface area contributed by atoms with Gasteiger partial charge < -0.3 is 19.6 Å². The van der Waals surface area contributed by atoms with Gasteiger partial charge in [-0.3, -0.25) is 6.29 Å². The van der Waals surface area contributed by atoms with Gasteiger partial charge in [0.15, 0.2) is 0 Å². The van der Waals surface area contributed by atoms with Crippen molar-refractivity contribution in [3.05, 3.63) is 14.9 Å². The van der Waals surface area contributed by atoms with Crippen molar-refractivity contribution < 1.29 is 91.3 Å². The van der Waals surface area contributed by atoms with Gasteiger partial charge in [-0.25, -0.2) is 0 Å². The largest absolute Gasteiger partial charge is 2.00 e. The van der Waals surface area contributed by atoms with Crippen LogP contribution >= 0.6 is 0 Å². The first-order valence-corrected chi connectivity index (χ1v) is 0.704. The summed E-state index contributed by atoms with van der Waals surface area (Å²) in [6, 6.07) is 0. The van der Waals surface area contributed by atoms with E-state index in [1.807, 2.05) is 0 Å². The molecule has 1 nitrogen and oxygen atoms in total. The van der Waals surface area contributed by atoms with Crippen LogP contribution in [0.25, 0.3) is 0 Å². The molecule has 8 heavy (non-hydrogen) atoms. The first kappa shape index (κ1) is 46.4. The van der Waals surface area contributed by atoms with E-state index in [1.165, 1.54) is 13.2 Å². The van der Waals surface area contributed by atoms with E-state index < -0.39 is 0 Å². The van der Waals surface area contributed by atoms with E-state index in [0.717, 1.165) is 0 Å². The summed E-state index contributed by atoms with van der Waals surface area (Å²) in [4.78, 5) is 8.68. The molecular weight excluding hydrogens is 426 g/mol. The molecule has 0 saturated carbocycles. The van der Waals surface area contributed by atoms with E-state index in [9.17, 15) is 0 Å². The maximum absolute atomic E-state index is 8.68. The standard InChI is InChI=1S/C2H3O.2CH3.W.2Y/c1-2-3;;;;;/h1H3;2*1H3;;;/q3*-1;+2;;. The van der Waals surface area contributed by atoms with Gasteiger partial charge in [-0.2, -0.15) is 6.92 Å². The minimum absolute atomic E-state index is 0. The van der Waals surface area contributed by atoms with Gasteiger partial charge >= 0.3 is 21.1 Å². The van der Waals surface area contributed by atoms with Gasteiger partial charge in [-0.1, -0.05) is 0 Å². The molecule has 0 heterocycles. The van der Waals surface area contributed by atoms with Crippen molar-refractivity contribution in [1.29, 1.82) is 0 Å². The Morgan fingerprint density at radius 3 is 1.12 bits per heavy atom. The first-order valence-electron chi connectivity index (χ1n) is 0.704. The minimum atomic E-state index is 0. The predicted molar refractivity (Wildman–Crippen MR) is 24.2 cm³/mol. The molecule has 44 valence electrons. The van der Waals surface area contributed by atoms with E-state index in [1.54, 1.807) is 0 Å². The minimum Gasteiger partial charge on any atom is -0.542 e. The van der Waals surface area contributed by atoms with Crippen LogP contribution in [-0.4, -0.2) is 6.29 Å². The van der Waals surface area contributed by atoms with Crippen LogP contribution in [0.3, 0.4) is 0 Å². The summed E-state index contributed by atoms with van der Waals surface area (Å²) in [7, 11) is 0. The van der Waals surface area contributed by atoms with Crippen LogP contribution < -0.4 is 0 Å². The van der Waals surface area contributed by atoms with E-state index >= 15 is 0 Å². The van der Waals surface area contributed by atoms with Gasteiger partial charge in [0.2, 0.25) is 0 Å². The van der Waals surface area contributed by atoms with Crippen LogP contribution in [0.2, 0.25) is 0 Å². The van der Waals surface area contributed by atoms with E-state index in [-0.39, 0.29) is 101 Å². The van der Waals surface area contributed by atoms with E-state index in [0.29, 0.717) is 0 Å². The summed E-state index contributed by atoms with van der Waals surface area (Å²) in [6.07, 6.45) is 1.50. The number of hydrogen-bond acceptors (Lipinski definition) is 1. The van der Waals surface area contributed by atoms with Crippen LogP contribution in [0.15, 0.2) is 0 Å². The third-order valence-electron chi connectivity index (χ3n) is 0. The molecule has 0 bridgehead atoms. The Morgan fingerprint density at radius 2 is 1.12 bits per heavy atom. The Morgan fingerprint density at radius 1 is 1.12 bits per heavy atom. The summed E-state index contributed by atoms with van der Waals surface area (Å²) in [5.41, 5.74) is 0. The number of hydrogen-bond donors (Lipinski definition) is 0. The van der Waals surface area contributed by atoms with Crippen molar-refractivity contribution in [2.45, 2.75) is 6.92 Å². The molecule has 0 aromatic heterocycles. The zero-order valence-corrected chi connectivity index (χ0v) is 14.1. The third kappa shape index (κ3) is 74.5. The molecule has 0 aliphatic carbocycles. The number of rotatable bonds is 0. The molecule has 0 spiro atoms. The number of carbonyl (C=O) groups excluding carboxylic acids is 1. The molecule has 0 aliphatic rings. The van der Waals surface area contributed by atoms with Crippen LogP contribution in [0.1, 0.15) is 6.92 Å². The van der Waals surface area contributed by atoms with E-state index in [2.05, 4.69) is 0 Å². The summed E-state index contributed by atoms with van der Waals surface area (Å²) < 4.78 is 0. The molecule has 0 saturated heterocycles. The zero-order chi connectivity index (χ0) is 2.71. The van der Waals surface area contributed by atoms with Gasteiger partial charge in [-0.05, 0) is 0 Å². The Kier molecular flexibility index (Phi) is 320. The van der Waals surface area contributed by atoms with Crippen molar-refractivity contribution in [2.24, 2.45) is 0 Å². The Hall–Kier alpha value is 2.57. The zero-order valence-electron chi connectivity index (χ0n) is 5.47. The molecule has 0 N–H and O–H groups in total. The molecule has 0 rings (SSSR count). The van der Waals surface area contributed by atoms with Crippen molar-refractivity contribution >= 4 is 6.29 Å². The molecule has 0 amide bonds. The molecule has 0 fully saturated rings. The topological polar surface area (TPSA) is 17.1 Å². The Balaban J connectivity index is -0.00000000200. The maximum Gasteiger partial charge on any atom is 2.00 e. The van der Waals surface area contributed by atoms with Gasteiger partial charge in [-0.15, -0.1) is 0 Å². The van der Waals surface area contributed by atoms with Crippen molar-refractivity contribution in [3.63, 3.8) is 0 Å². The van der Waals surface area contributed by atoms with Crippen molar-refractivity contribution in [2.75, 3.05) is 0 Å². The van der Waals surface area contributed by atoms with Crippen molar-refractivity contribution in [3.8, 4) is 0 Å². The molecule has 0 aromatic carbocycles. The van der Waals surface area contributed by atoms with Gasteiger partial charge in [0.1, 0.15) is 0 Å². The predicted octanol–water partition coefficient (Wildman–Crippen LogP) is 1.01. The van der Waals surface area contributed by atoms with Crippen LogP contribution in [0.5, 0.6) is 0 Å². The second kappa shape index (κ2) is 55.2. The second-order valence-corrected chi connectivity index (χ2v) is 0.204. The monoisotopic (exact) mass is 435 g/mol. The normalized spacial score (nSPS) is 1.62. The average molecular weight is 435 g/mol. The van der Waals surface area contributed by atoms with Crippen LogP contribution in [0, 0.1) is 14.9 Å². The molecule has 0 aromatic rings. The smallest absolute Gasteiger partial charge is 0.542 e. The van der Waals surface area contributed by atoms with Gasteiger partial charge in [0.25, 0.3) is 0 Å². The molecular formula is C4H9OWY2-. The SMILES string of the molecule is C[C-]=O.[CH3-].[CH3-].[W+2].[Y].[Y]. The Bertz CT molecular complexity index is 21.5. The van der Waals surface area contributed by atoms with Crippen molar-refractivity contribution in [1.82, 2.24) is 0 Å². The first-order chi connectivity index (χ1) is 1.41. The third-order valence-corrected chi connectivity index (χ3v) is 0. The molecule has 0 atom stereocenters. The van der Waals surface area contributed by atoms with Gasteiger partial charge in [0.05, 0.1) is 0 Å². The average Bonchev–Trinajstić information content (AvgIpc) is 0.918. The molecule has 4 heteroatoms. The Labute approximate surface area is 117 Å². The second-order valence-electron chi connectivity index (χ2n) is 0.204. The van der Waals surface area contributed by atoms with Crippen LogP contribution in [0.4, 0.5) is 0 Å². The summed E-state index contributed by atoms with van der Waals surface area (Å²) in [5.74, 6) is 0. The van der Waals surface area contributed by atoms with Crippen LogP contribution in [-0.2, 0) is 91.3 Å². The van der Waals surface area contributed by atoms with E-state index in [4.69, 9.17) is 4.79 Å². The fourth-order valence-electron chi connectivity index (χ4n) is 0. The summed E-state index contributed by atoms with van der Waals surface area (Å²) in [5, 5.41) is 0. The fraction of sp³-hybridized carbons (Fsp3) is 0.250. The van der Waals surface area contributed by atoms with Gasteiger partial charge in [0, 0.05) is 65.4 Å². The molecule has 2 radical (unpaired) electrons. The molecule has 0 unspecified atom stereocenters. The summed E-state index contributed by atoms with van der Waals surface area (Å²) in [6.45, 7) is 1.32. The summed E-state index contributed by atoms with van der Waals surface area (Å²) >= 11 is 0.